The van der Waals surface area contributed by atoms with E-state index >= 15 is 0 Å². The van der Waals surface area contributed by atoms with Gasteiger partial charge in [-0.3, -0.25) is 4.79 Å². The fourth-order valence-electron chi connectivity index (χ4n) is 3.46. The van der Waals surface area contributed by atoms with E-state index in [0.717, 1.165) is 30.8 Å². The summed E-state index contributed by atoms with van der Waals surface area (Å²) in [6, 6.07) is 16.0. The number of ether oxygens (including phenoxy) is 2. The maximum Gasteiger partial charge on any atom is 0.244 e. The lowest BCUT2D eigenvalue weighted by atomic mass is 10.00. The van der Waals surface area contributed by atoms with Gasteiger partial charge in [-0.05, 0) is 36.6 Å². The Labute approximate surface area is 207 Å². The van der Waals surface area contributed by atoms with Crippen LogP contribution < -0.4 is 15.4 Å². The van der Waals surface area contributed by atoms with Gasteiger partial charge in [-0.2, -0.15) is 0 Å². The number of nitrogens with one attached hydrogen (secondary N) is 2. The second kappa shape index (κ2) is 13.9. The topological polar surface area (TPSA) is 75.2 Å². The number of hydrogen-bond acceptors (Lipinski definition) is 4. The first kappa shape index (κ1) is 25.9. The Bertz CT molecular complexity index is 891. The third-order valence-corrected chi connectivity index (χ3v) is 5.06. The first-order valence-electron chi connectivity index (χ1n) is 10.8. The molecule has 1 aliphatic rings. The average Bonchev–Trinajstić information content (AvgIpc) is 2.80. The van der Waals surface area contributed by atoms with E-state index in [1.54, 1.807) is 7.11 Å². The number of fused-ring (bicyclic) bond motifs is 1. The molecule has 1 heterocycles. The Morgan fingerprint density at radius 2 is 1.94 bits per heavy atom. The van der Waals surface area contributed by atoms with E-state index in [1.807, 2.05) is 42.2 Å². The minimum absolute atomic E-state index is 0. The van der Waals surface area contributed by atoms with Gasteiger partial charge in [-0.1, -0.05) is 30.3 Å². The summed E-state index contributed by atoms with van der Waals surface area (Å²) in [5.74, 6) is 1.38. The van der Waals surface area contributed by atoms with Crippen LogP contribution in [-0.4, -0.2) is 56.7 Å². The van der Waals surface area contributed by atoms with Gasteiger partial charge in [-0.15, -0.1) is 24.0 Å². The smallest absolute Gasteiger partial charge is 0.244 e. The van der Waals surface area contributed by atoms with Crippen LogP contribution in [0.2, 0.25) is 0 Å². The van der Waals surface area contributed by atoms with Crippen LogP contribution in [0.25, 0.3) is 0 Å². The first-order chi connectivity index (χ1) is 15.2. The highest BCUT2D eigenvalue weighted by Gasteiger charge is 2.20. The van der Waals surface area contributed by atoms with Crippen molar-refractivity contribution in [2.75, 3.05) is 45.3 Å². The van der Waals surface area contributed by atoms with Crippen LogP contribution in [0.5, 0.6) is 5.75 Å². The molecule has 1 amide bonds. The third-order valence-electron chi connectivity index (χ3n) is 5.06. The van der Waals surface area contributed by atoms with Crippen LogP contribution >= 0.6 is 24.0 Å². The number of nitrogens with zero attached hydrogens (tertiary/aromatic N) is 2. The van der Waals surface area contributed by atoms with Crippen LogP contribution in [0.3, 0.4) is 0 Å². The van der Waals surface area contributed by atoms with Crippen LogP contribution in [0.1, 0.15) is 24.5 Å². The van der Waals surface area contributed by atoms with Gasteiger partial charge in [0.2, 0.25) is 5.91 Å². The molecule has 0 saturated heterocycles. The van der Waals surface area contributed by atoms with E-state index in [1.165, 1.54) is 11.1 Å². The summed E-state index contributed by atoms with van der Waals surface area (Å²) in [6.45, 7) is 5.45. The second-order valence-electron chi connectivity index (χ2n) is 7.38. The minimum Gasteiger partial charge on any atom is -0.493 e. The van der Waals surface area contributed by atoms with Crippen molar-refractivity contribution in [3.8, 4) is 5.75 Å². The van der Waals surface area contributed by atoms with E-state index < -0.39 is 0 Å². The number of guanidine groups is 1. The summed E-state index contributed by atoms with van der Waals surface area (Å²) >= 11 is 0. The molecular weight excluding hydrogens is 519 g/mol. The molecule has 174 valence electrons. The number of carbonyl (C=O) groups excluding carboxylic acids is 1. The highest BCUT2D eigenvalue weighted by atomic mass is 127. The molecule has 0 atom stereocenters. The summed E-state index contributed by atoms with van der Waals surface area (Å²) in [6.07, 6.45) is 1.72. The minimum atomic E-state index is 0. The van der Waals surface area contributed by atoms with Gasteiger partial charge in [0.15, 0.2) is 5.96 Å². The zero-order chi connectivity index (χ0) is 21.9. The summed E-state index contributed by atoms with van der Waals surface area (Å²) in [5.41, 5.74) is 3.40. The third kappa shape index (κ3) is 7.98. The van der Waals surface area contributed by atoms with Gasteiger partial charge in [0.25, 0.3) is 0 Å². The molecule has 32 heavy (non-hydrogen) atoms. The van der Waals surface area contributed by atoms with Crippen molar-refractivity contribution in [3.63, 3.8) is 0 Å². The molecule has 0 bridgehead atoms. The average molecular weight is 552 g/mol. The van der Waals surface area contributed by atoms with E-state index in [-0.39, 0.29) is 36.4 Å². The number of carbonyl (C=O) groups is 1. The number of aliphatic imine (C=N–C) groups is 1. The Kier molecular flexibility index (Phi) is 11.3. The standard InChI is InChI=1S/C24H32N4O3.HI/c1-3-25-24(27-21-10-6-11-22(16-21)31-15-7-14-30-2)26-17-23(29)28-13-12-19-8-4-5-9-20(19)18-28;/h4-6,8-11,16H,3,7,12-15,17-18H2,1-2H3,(H2,25,26,27);1H. The normalized spacial score (nSPS) is 13.1. The zero-order valence-electron chi connectivity index (χ0n) is 18.8. The van der Waals surface area contributed by atoms with Crippen molar-refractivity contribution in [2.45, 2.75) is 26.3 Å². The molecule has 7 nitrogen and oxygen atoms in total. The zero-order valence-corrected chi connectivity index (χ0v) is 21.1. The summed E-state index contributed by atoms with van der Waals surface area (Å²) in [7, 11) is 1.68. The number of amides is 1. The van der Waals surface area contributed by atoms with Crippen molar-refractivity contribution in [1.82, 2.24) is 10.2 Å². The fraction of sp³-hybridized carbons (Fsp3) is 0.417. The van der Waals surface area contributed by atoms with Gasteiger partial charge >= 0.3 is 0 Å². The van der Waals surface area contributed by atoms with Crippen molar-refractivity contribution >= 4 is 41.5 Å². The van der Waals surface area contributed by atoms with Crippen LogP contribution in [0.4, 0.5) is 5.69 Å². The number of methoxy groups -OCH3 is 1. The molecule has 2 aromatic carbocycles. The summed E-state index contributed by atoms with van der Waals surface area (Å²) < 4.78 is 10.8. The molecule has 8 heteroatoms. The molecular formula is C24H33IN4O3. The van der Waals surface area contributed by atoms with E-state index in [2.05, 4.69) is 33.8 Å². The lowest BCUT2D eigenvalue weighted by Gasteiger charge is -2.28. The number of halogens is 1. The first-order valence-corrected chi connectivity index (χ1v) is 10.8. The molecule has 0 aromatic heterocycles. The Morgan fingerprint density at radius 1 is 1.12 bits per heavy atom. The highest BCUT2D eigenvalue weighted by molar-refractivity contribution is 14.0. The number of benzene rings is 2. The predicted octanol–water partition coefficient (Wildman–Crippen LogP) is 3.68. The highest BCUT2D eigenvalue weighted by Crippen LogP contribution is 2.19. The maximum atomic E-state index is 12.7. The molecule has 0 spiro atoms. The van der Waals surface area contributed by atoms with E-state index in [4.69, 9.17) is 9.47 Å². The molecule has 2 N–H and O–H groups in total. The second-order valence-corrected chi connectivity index (χ2v) is 7.38. The van der Waals surface area contributed by atoms with E-state index in [9.17, 15) is 4.79 Å². The fourth-order valence-corrected chi connectivity index (χ4v) is 3.46. The Morgan fingerprint density at radius 3 is 2.72 bits per heavy atom. The molecule has 0 saturated carbocycles. The lowest BCUT2D eigenvalue weighted by molar-refractivity contribution is -0.130. The molecule has 0 radical (unpaired) electrons. The number of rotatable bonds is 9. The van der Waals surface area contributed by atoms with Crippen molar-refractivity contribution in [1.29, 1.82) is 0 Å². The molecule has 0 unspecified atom stereocenters. The molecule has 3 rings (SSSR count). The lowest BCUT2D eigenvalue weighted by Crippen LogP contribution is -2.38. The van der Waals surface area contributed by atoms with Gasteiger partial charge in [0.05, 0.1) is 6.61 Å². The van der Waals surface area contributed by atoms with Crippen LogP contribution in [0.15, 0.2) is 53.5 Å². The largest absolute Gasteiger partial charge is 0.493 e. The molecule has 0 fully saturated rings. The monoisotopic (exact) mass is 552 g/mol. The van der Waals surface area contributed by atoms with Gasteiger partial charge in [0, 0.05) is 51.5 Å². The van der Waals surface area contributed by atoms with Crippen molar-refractivity contribution < 1.29 is 14.3 Å². The SMILES string of the molecule is CCNC(=NCC(=O)N1CCc2ccccc2C1)Nc1cccc(OCCCOC)c1.I. The van der Waals surface area contributed by atoms with Crippen LogP contribution in [-0.2, 0) is 22.5 Å². The van der Waals surface area contributed by atoms with E-state index in [0.29, 0.717) is 32.3 Å². The van der Waals surface area contributed by atoms with Gasteiger partial charge in [0.1, 0.15) is 12.3 Å². The summed E-state index contributed by atoms with van der Waals surface area (Å²) in [5, 5.41) is 6.45. The molecule has 1 aliphatic heterocycles. The Balaban J connectivity index is 0.00000363. The van der Waals surface area contributed by atoms with Crippen molar-refractivity contribution in [3.05, 3.63) is 59.7 Å². The van der Waals surface area contributed by atoms with Gasteiger partial charge < -0.3 is 25.0 Å². The Hall–Kier alpha value is -2.33. The van der Waals surface area contributed by atoms with Crippen molar-refractivity contribution in [2.24, 2.45) is 4.99 Å². The molecule has 0 aliphatic carbocycles. The van der Waals surface area contributed by atoms with Gasteiger partial charge in [-0.25, -0.2) is 4.99 Å². The quantitative estimate of drug-likeness (QED) is 0.215. The molecule has 2 aromatic rings. The number of hydrogen-bond donors (Lipinski definition) is 2. The number of anilines is 1. The summed E-state index contributed by atoms with van der Waals surface area (Å²) in [4.78, 5) is 19.1. The predicted molar refractivity (Wildman–Crippen MR) is 139 cm³/mol. The van der Waals surface area contributed by atoms with Crippen LogP contribution in [0, 0.1) is 0 Å². The maximum absolute atomic E-state index is 12.7.